The zero-order chi connectivity index (χ0) is 12.7. The first-order valence-corrected chi connectivity index (χ1v) is 6.44. The highest BCUT2D eigenvalue weighted by atomic mass is 19.1. The van der Waals surface area contributed by atoms with Crippen molar-refractivity contribution in [3.8, 4) is 0 Å². The van der Waals surface area contributed by atoms with Crippen LogP contribution >= 0.6 is 0 Å². The molecule has 1 amide bonds. The third-order valence-corrected chi connectivity index (χ3v) is 4.05. The number of hydrogen-bond donors (Lipinski definition) is 1. The van der Waals surface area contributed by atoms with Gasteiger partial charge in [-0.3, -0.25) is 4.79 Å². The molecule has 2 aliphatic heterocycles. The summed E-state index contributed by atoms with van der Waals surface area (Å²) in [5, 5.41) is 3.42. The first-order chi connectivity index (χ1) is 8.65. The van der Waals surface area contributed by atoms with Gasteiger partial charge in [0.15, 0.2) is 0 Å². The summed E-state index contributed by atoms with van der Waals surface area (Å²) in [5.41, 5.74) is 1.12. The number of aryl methyl sites for hydroxylation is 1. The molecule has 1 N–H and O–H groups in total. The van der Waals surface area contributed by atoms with Crippen molar-refractivity contribution in [1.82, 2.24) is 10.2 Å². The maximum Gasteiger partial charge on any atom is 0.253 e. The Morgan fingerprint density at radius 2 is 2.28 bits per heavy atom. The van der Waals surface area contributed by atoms with E-state index >= 15 is 0 Å². The molecule has 3 nitrogen and oxygen atoms in total. The van der Waals surface area contributed by atoms with Crippen molar-refractivity contribution in [1.29, 1.82) is 0 Å². The minimum Gasteiger partial charge on any atom is -0.337 e. The minimum atomic E-state index is -0.258. The molecule has 2 saturated heterocycles. The maximum atomic E-state index is 13.2. The fraction of sp³-hybridized carbons (Fsp3) is 0.500. The Morgan fingerprint density at radius 3 is 3.00 bits per heavy atom. The largest absolute Gasteiger partial charge is 0.337 e. The van der Waals surface area contributed by atoms with Crippen molar-refractivity contribution in [2.75, 3.05) is 19.6 Å². The fourth-order valence-electron chi connectivity index (χ4n) is 2.98. The van der Waals surface area contributed by atoms with Gasteiger partial charge in [-0.1, -0.05) is 0 Å². The molecule has 18 heavy (non-hydrogen) atoms. The summed E-state index contributed by atoms with van der Waals surface area (Å²) in [6.45, 7) is 4.35. The number of halogens is 1. The van der Waals surface area contributed by atoms with Crippen molar-refractivity contribution < 1.29 is 9.18 Å². The molecule has 0 saturated carbocycles. The normalized spacial score (nSPS) is 26.4. The number of hydrogen-bond acceptors (Lipinski definition) is 2. The van der Waals surface area contributed by atoms with Crippen molar-refractivity contribution >= 4 is 5.91 Å². The Bertz CT molecular complexity index is 477. The molecule has 0 spiro atoms. The van der Waals surface area contributed by atoms with Crippen LogP contribution in [0.2, 0.25) is 0 Å². The molecule has 2 atom stereocenters. The summed E-state index contributed by atoms with van der Waals surface area (Å²) in [7, 11) is 0. The Hall–Kier alpha value is -1.42. The zero-order valence-electron chi connectivity index (χ0n) is 10.4. The lowest BCUT2D eigenvalue weighted by Crippen LogP contribution is -2.34. The van der Waals surface area contributed by atoms with E-state index in [1.54, 1.807) is 19.1 Å². The van der Waals surface area contributed by atoms with Gasteiger partial charge in [0.05, 0.1) is 0 Å². The summed E-state index contributed by atoms with van der Waals surface area (Å²) in [6, 6.07) is 5.04. The summed E-state index contributed by atoms with van der Waals surface area (Å²) in [4.78, 5) is 14.2. The number of carbonyl (C=O) groups is 1. The minimum absolute atomic E-state index is 0.0225. The lowest BCUT2D eigenvalue weighted by molar-refractivity contribution is 0.0782. The van der Waals surface area contributed by atoms with E-state index in [9.17, 15) is 9.18 Å². The van der Waals surface area contributed by atoms with Crippen LogP contribution in [0, 0.1) is 18.7 Å². The second-order valence-electron chi connectivity index (χ2n) is 5.28. The molecular weight excluding hydrogens is 231 g/mol. The molecule has 2 fully saturated rings. The van der Waals surface area contributed by atoms with E-state index in [1.807, 2.05) is 4.90 Å². The van der Waals surface area contributed by atoms with Gasteiger partial charge in [-0.25, -0.2) is 4.39 Å². The Morgan fingerprint density at radius 1 is 1.44 bits per heavy atom. The van der Waals surface area contributed by atoms with Gasteiger partial charge < -0.3 is 10.2 Å². The van der Waals surface area contributed by atoms with Crippen LogP contribution in [-0.4, -0.2) is 36.5 Å². The van der Waals surface area contributed by atoms with Gasteiger partial charge in [0.25, 0.3) is 5.91 Å². The monoisotopic (exact) mass is 248 g/mol. The van der Waals surface area contributed by atoms with Crippen LogP contribution in [0.1, 0.15) is 22.3 Å². The van der Waals surface area contributed by atoms with E-state index in [1.165, 1.54) is 6.07 Å². The fourth-order valence-corrected chi connectivity index (χ4v) is 2.98. The highest BCUT2D eigenvalue weighted by Gasteiger charge is 2.38. The third-order valence-electron chi connectivity index (χ3n) is 4.05. The molecule has 0 bridgehead atoms. The molecule has 0 aliphatic carbocycles. The lowest BCUT2D eigenvalue weighted by atomic mass is 10.1. The van der Waals surface area contributed by atoms with Crippen LogP contribution in [0.15, 0.2) is 18.2 Å². The number of carbonyl (C=O) groups excluding carboxylic acids is 1. The molecule has 96 valence electrons. The van der Waals surface area contributed by atoms with Gasteiger partial charge in [-0.15, -0.1) is 0 Å². The van der Waals surface area contributed by atoms with Gasteiger partial charge in [0.2, 0.25) is 0 Å². The molecule has 0 aromatic heterocycles. The molecule has 2 aliphatic rings. The molecule has 2 heterocycles. The Labute approximate surface area is 106 Å². The van der Waals surface area contributed by atoms with E-state index < -0.39 is 0 Å². The SMILES string of the molecule is Cc1cc(C(=O)N2C[C@@H]3CCN[C@@H]3C2)ccc1F. The molecule has 0 unspecified atom stereocenters. The van der Waals surface area contributed by atoms with Gasteiger partial charge in [0.1, 0.15) is 5.82 Å². The van der Waals surface area contributed by atoms with E-state index in [-0.39, 0.29) is 11.7 Å². The van der Waals surface area contributed by atoms with Gasteiger partial charge >= 0.3 is 0 Å². The highest BCUT2D eigenvalue weighted by molar-refractivity contribution is 5.94. The number of benzene rings is 1. The van der Waals surface area contributed by atoms with Crippen molar-refractivity contribution in [2.24, 2.45) is 5.92 Å². The summed E-state index contributed by atoms with van der Waals surface area (Å²) < 4.78 is 13.2. The standard InChI is InChI=1S/C14H17FN2O/c1-9-6-10(2-3-12(9)15)14(18)17-7-11-4-5-16-13(11)8-17/h2-3,6,11,13,16H,4-5,7-8H2,1H3/t11-,13+/m0/s1. The van der Waals surface area contributed by atoms with Crippen molar-refractivity contribution in [3.63, 3.8) is 0 Å². The first kappa shape index (κ1) is 11.7. The second kappa shape index (κ2) is 4.35. The van der Waals surface area contributed by atoms with Crippen LogP contribution < -0.4 is 5.32 Å². The smallest absolute Gasteiger partial charge is 0.253 e. The van der Waals surface area contributed by atoms with Crippen molar-refractivity contribution in [3.05, 3.63) is 35.1 Å². The van der Waals surface area contributed by atoms with Crippen LogP contribution in [0.25, 0.3) is 0 Å². The lowest BCUT2D eigenvalue weighted by Gasteiger charge is -2.17. The molecule has 1 aromatic rings. The molecule has 4 heteroatoms. The van der Waals surface area contributed by atoms with Gasteiger partial charge in [0, 0.05) is 24.7 Å². The quantitative estimate of drug-likeness (QED) is 0.818. The average Bonchev–Trinajstić information content (AvgIpc) is 2.92. The van der Waals surface area contributed by atoms with E-state index in [2.05, 4.69) is 5.32 Å². The summed E-state index contributed by atoms with van der Waals surface area (Å²) >= 11 is 0. The van der Waals surface area contributed by atoms with Gasteiger partial charge in [-0.2, -0.15) is 0 Å². The predicted octanol–water partition coefficient (Wildman–Crippen LogP) is 1.57. The molecule has 3 rings (SSSR count). The summed E-state index contributed by atoms with van der Waals surface area (Å²) in [5.74, 6) is 0.358. The van der Waals surface area contributed by atoms with E-state index in [0.29, 0.717) is 23.1 Å². The second-order valence-corrected chi connectivity index (χ2v) is 5.28. The van der Waals surface area contributed by atoms with E-state index in [0.717, 1.165) is 26.1 Å². The van der Waals surface area contributed by atoms with Crippen molar-refractivity contribution in [2.45, 2.75) is 19.4 Å². The highest BCUT2D eigenvalue weighted by Crippen LogP contribution is 2.26. The van der Waals surface area contributed by atoms with E-state index in [4.69, 9.17) is 0 Å². The number of amides is 1. The Kier molecular flexibility index (Phi) is 2.82. The van der Waals surface area contributed by atoms with Gasteiger partial charge in [-0.05, 0) is 49.6 Å². The topological polar surface area (TPSA) is 32.3 Å². The number of rotatable bonds is 1. The molecule has 1 aromatic carbocycles. The predicted molar refractivity (Wildman–Crippen MR) is 66.9 cm³/mol. The molecule has 0 radical (unpaired) electrons. The number of likely N-dealkylation sites (tertiary alicyclic amines) is 1. The third kappa shape index (κ3) is 1.90. The number of nitrogens with zero attached hydrogens (tertiary/aromatic N) is 1. The summed E-state index contributed by atoms with van der Waals surface area (Å²) in [6.07, 6.45) is 1.15. The zero-order valence-corrected chi connectivity index (χ0v) is 10.4. The molecular formula is C14H17FN2O. The van der Waals surface area contributed by atoms with Crippen LogP contribution in [-0.2, 0) is 0 Å². The van der Waals surface area contributed by atoms with Crippen LogP contribution in [0.3, 0.4) is 0 Å². The maximum absolute atomic E-state index is 13.2. The average molecular weight is 248 g/mol. The number of fused-ring (bicyclic) bond motifs is 1. The van der Waals surface area contributed by atoms with Crippen LogP contribution in [0.5, 0.6) is 0 Å². The Balaban J connectivity index is 1.77. The number of nitrogens with one attached hydrogen (secondary N) is 1. The first-order valence-electron chi connectivity index (χ1n) is 6.44. The van der Waals surface area contributed by atoms with Crippen LogP contribution in [0.4, 0.5) is 4.39 Å².